The highest BCUT2D eigenvalue weighted by Crippen LogP contribution is 2.33. The van der Waals surface area contributed by atoms with Gasteiger partial charge in [0.05, 0.1) is 6.10 Å². The molecule has 1 aliphatic carbocycles. The van der Waals surface area contributed by atoms with E-state index in [-0.39, 0.29) is 12.1 Å². The molecular formula is C21H26N2O. The Morgan fingerprint density at radius 3 is 2.42 bits per heavy atom. The molecule has 2 atom stereocenters. The van der Waals surface area contributed by atoms with Crippen molar-refractivity contribution in [1.82, 2.24) is 4.90 Å². The summed E-state index contributed by atoms with van der Waals surface area (Å²) in [6, 6.07) is 17.1. The van der Waals surface area contributed by atoms with Crippen molar-refractivity contribution in [2.45, 2.75) is 43.7 Å². The fourth-order valence-electron chi connectivity index (χ4n) is 4.46. The smallest absolute Gasteiger partial charge is 0.0739 e. The molecule has 1 fully saturated rings. The molecule has 3 N–H and O–H groups in total. The van der Waals surface area contributed by atoms with Crippen LogP contribution in [0, 0.1) is 0 Å². The molecule has 126 valence electrons. The third kappa shape index (κ3) is 2.94. The minimum Gasteiger partial charge on any atom is -0.398 e. The second-order valence-electron chi connectivity index (χ2n) is 7.25. The van der Waals surface area contributed by atoms with Gasteiger partial charge < -0.3 is 10.8 Å². The lowest BCUT2D eigenvalue weighted by Crippen LogP contribution is -2.51. The number of piperidine rings is 1. The highest BCUT2D eigenvalue weighted by molar-refractivity contribution is 5.52. The molecule has 4 rings (SSSR count). The number of fused-ring (bicyclic) bond motifs is 1. The molecule has 3 heteroatoms. The first-order chi connectivity index (χ1) is 11.7. The number of hydrogen-bond donors (Lipinski definition) is 2. The van der Waals surface area contributed by atoms with Crippen LogP contribution in [0.2, 0.25) is 0 Å². The second-order valence-corrected chi connectivity index (χ2v) is 7.25. The minimum absolute atomic E-state index is 0.207. The van der Waals surface area contributed by atoms with Crippen molar-refractivity contribution in [2.24, 2.45) is 0 Å². The van der Waals surface area contributed by atoms with Gasteiger partial charge in [-0.2, -0.15) is 0 Å². The van der Waals surface area contributed by atoms with E-state index in [9.17, 15) is 5.11 Å². The third-order valence-corrected chi connectivity index (χ3v) is 5.87. The van der Waals surface area contributed by atoms with Gasteiger partial charge in [0.25, 0.3) is 0 Å². The summed E-state index contributed by atoms with van der Waals surface area (Å²) in [6.07, 6.45) is 3.66. The predicted octanol–water partition coefficient (Wildman–Crippen LogP) is 2.98. The maximum absolute atomic E-state index is 10.7. The quantitative estimate of drug-likeness (QED) is 0.836. The molecule has 2 aromatic carbocycles. The van der Waals surface area contributed by atoms with Crippen LogP contribution in [0.4, 0.5) is 5.69 Å². The molecule has 0 amide bonds. The fourth-order valence-corrected chi connectivity index (χ4v) is 4.46. The van der Waals surface area contributed by atoms with Crippen molar-refractivity contribution in [3.63, 3.8) is 0 Å². The number of rotatable bonds is 2. The maximum atomic E-state index is 10.7. The largest absolute Gasteiger partial charge is 0.398 e. The van der Waals surface area contributed by atoms with Crippen LogP contribution in [0.15, 0.2) is 48.5 Å². The molecule has 1 heterocycles. The number of benzene rings is 2. The number of nitrogens with two attached hydrogens (primary N) is 1. The zero-order valence-electron chi connectivity index (χ0n) is 14.1. The van der Waals surface area contributed by atoms with Gasteiger partial charge in [-0.1, -0.05) is 42.5 Å². The van der Waals surface area contributed by atoms with Crippen molar-refractivity contribution >= 4 is 5.69 Å². The van der Waals surface area contributed by atoms with Gasteiger partial charge in [-0.25, -0.2) is 0 Å². The van der Waals surface area contributed by atoms with Crippen molar-refractivity contribution in [2.75, 3.05) is 18.8 Å². The van der Waals surface area contributed by atoms with Crippen LogP contribution in [0.1, 0.15) is 35.4 Å². The van der Waals surface area contributed by atoms with E-state index < -0.39 is 0 Å². The normalized spacial score (nSPS) is 25.4. The lowest BCUT2D eigenvalue weighted by molar-refractivity contribution is 0.0296. The Morgan fingerprint density at radius 2 is 1.67 bits per heavy atom. The Hall–Kier alpha value is -1.84. The highest BCUT2D eigenvalue weighted by atomic mass is 16.3. The van der Waals surface area contributed by atoms with Crippen LogP contribution in [-0.2, 0) is 12.8 Å². The van der Waals surface area contributed by atoms with Gasteiger partial charge in [0.2, 0.25) is 0 Å². The van der Waals surface area contributed by atoms with Crippen molar-refractivity contribution in [3.05, 3.63) is 65.2 Å². The first kappa shape index (κ1) is 15.7. The fraction of sp³-hybridized carbons (Fsp3) is 0.429. The summed E-state index contributed by atoms with van der Waals surface area (Å²) >= 11 is 0. The molecule has 1 aliphatic heterocycles. The van der Waals surface area contributed by atoms with Crippen molar-refractivity contribution < 1.29 is 5.11 Å². The topological polar surface area (TPSA) is 49.5 Å². The summed E-state index contributed by atoms with van der Waals surface area (Å²) in [4.78, 5) is 2.49. The summed E-state index contributed by atoms with van der Waals surface area (Å²) < 4.78 is 0. The summed E-state index contributed by atoms with van der Waals surface area (Å²) in [7, 11) is 0. The van der Waals surface area contributed by atoms with Crippen LogP contribution in [-0.4, -0.2) is 35.2 Å². The Kier molecular flexibility index (Phi) is 4.30. The summed E-state index contributed by atoms with van der Waals surface area (Å²) in [5, 5.41) is 10.7. The van der Waals surface area contributed by atoms with Gasteiger partial charge in [-0.05, 0) is 61.0 Å². The Bertz CT molecular complexity index is 692. The predicted molar refractivity (Wildman–Crippen MR) is 98.0 cm³/mol. The number of aliphatic hydroxyl groups excluding tert-OH is 1. The van der Waals surface area contributed by atoms with Crippen molar-refractivity contribution in [1.29, 1.82) is 0 Å². The monoisotopic (exact) mass is 322 g/mol. The number of hydrogen-bond acceptors (Lipinski definition) is 3. The van der Waals surface area contributed by atoms with Crippen LogP contribution in [0.3, 0.4) is 0 Å². The first-order valence-electron chi connectivity index (χ1n) is 9.05. The number of nitrogens with zero attached hydrogens (tertiary/aromatic N) is 1. The lowest BCUT2D eigenvalue weighted by Gasteiger charge is -2.42. The Morgan fingerprint density at radius 1 is 0.917 bits per heavy atom. The molecular weight excluding hydrogens is 296 g/mol. The number of nitrogen functional groups attached to an aromatic ring is 1. The minimum atomic E-state index is -0.285. The zero-order chi connectivity index (χ0) is 16.5. The van der Waals surface area contributed by atoms with E-state index in [1.807, 2.05) is 12.1 Å². The Labute approximate surface area is 144 Å². The Balaban J connectivity index is 1.45. The summed E-state index contributed by atoms with van der Waals surface area (Å²) in [6.45, 7) is 2.12. The molecule has 0 spiro atoms. The highest BCUT2D eigenvalue weighted by Gasteiger charge is 2.34. The third-order valence-electron chi connectivity index (χ3n) is 5.87. The molecule has 0 saturated carbocycles. The van der Waals surface area contributed by atoms with Gasteiger partial charge in [0.1, 0.15) is 0 Å². The lowest BCUT2D eigenvalue weighted by atomic mass is 9.82. The van der Waals surface area contributed by atoms with E-state index in [2.05, 4.69) is 41.3 Å². The van der Waals surface area contributed by atoms with Gasteiger partial charge in [0.15, 0.2) is 0 Å². The average Bonchev–Trinajstić information content (AvgIpc) is 2.62. The van der Waals surface area contributed by atoms with Crippen LogP contribution < -0.4 is 5.73 Å². The van der Waals surface area contributed by atoms with Crippen LogP contribution in [0.5, 0.6) is 0 Å². The van der Waals surface area contributed by atoms with Crippen LogP contribution >= 0.6 is 0 Å². The molecule has 0 bridgehead atoms. The van der Waals surface area contributed by atoms with E-state index in [0.717, 1.165) is 31.6 Å². The molecule has 2 aliphatic rings. The molecule has 0 unspecified atom stereocenters. The first-order valence-corrected chi connectivity index (χ1v) is 9.05. The van der Waals surface area contributed by atoms with Gasteiger partial charge in [-0.15, -0.1) is 0 Å². The SMILES string of the molecule is Nc1cccc2c1C[C@@H](N1CCC(c3ccccc3)CC1)[C@H](O)C2. The maximum Gasteiger partial charge on any atom is 0.0739 e. The zero-order valence-corrected chi connectivity index (χ0v) is 14.1. The van der Waals surface area contributed by atoms with Crippen molar-refractivity contribution in [3.8, 4) is 0 Å². The van der Waals surface area contributed by atoms with Crippen LogP contribution in [0.25, 0.3) is 0 Å². The van der Waals surface area contributed by atoms with E-state index in [4.69, 9.17) is 5.73 Å². The van der Waals surface area contributed by atoms with Gasteiger partial charge in [-0.3, -0.25) is 4.90 Å². The summed E-state index contributed by atoms with van der Waals surface area (Å²) in [5.41, 5.74) is 11.0. The van der Waals surface area contributed by atoms with Gasteiger partial charge in [0, 0.05) is 18.2 Å². The van der Waals surface area contributed by atoms with E-state index in [0.29, 0.717) is 5.92 Å². The molecule has 0 aromatic heterocycles. The molecule has 1 saturated heterocycles. The second kappa shape index (κ2) is 6.58. The molecule has 3 nitrogen and oxygen atoms in total. The summed E-state index contributed by atoms with van der Waals surface area (Å²) in [5.74, 6) is 0.653. The number of likely N-dealkylation sites (tertiary alicyclic amines) is 1. The molecule has 2 aromatic rings. The van der Waals surface area contributed by atoms with E-state index in [1.54, 1.807) is 0 Å². The molecule has 0 radical (unpaired) electrons. The van der Waals surface area contributed by atoms with E-state index >= 15 is 0 Å². The molecule has 24 heavy (non-hydrogen) atoms. The number of aliphatic hydroxyl groups is 1. The van der Waals surface area contributed by atoms with Gasteiger partial charge >= 0.3 is 0 Å². The standard InChI is InChI=1S/C21H26N2O/c22-19-8-4-7-17-13-21(24)20(14-18(17)19)23-11-9-16(10-12-23)15-5-2-1-3-6-15/h1-8,16,20-21,24H,9-14,22H2/t20-,21-/m1/s1. The van der Waals surface area contributed by atoms with E-state index in [1.165, 1.54) is 29.5 Å². The number of anilines is 1. The average molecular weight is 322 g/mol.